The van der Waals surface area contributed by atoms with Gasteiger partial charge in [-0.1, -0.05) is 17.7 Å². The zero-order valence-corrected chi connectivity index (χ0v) is 12.6. The molecule has 1 rings (SSSR count). The summed E-state index contributed by atoms with van der Waals surface area (Å²) in [4.78, 5) is 0. The maximum Gasteiger partial charge on any atom is 0.123 e. The third kappa shape index (κ3) is 5.28. The Labute approximate surface area is 116 Å². The molecule has 1 aromatic carbocycles. The van der Waals surface area contributed by atoms with Gasteiger partial charge in [-0.15, -0.1) is 0 Å². The van der Waals surface area contributed by atoms with Crippen molar-refractivity contribution < 1.29 is 4.74 Å². The van der Waals surface area contributed by atoms with E-state index < -0.39 is 0 Å². The average Bonchev–Trinajstić information content (AvgIpc) is 2.29. The molecule has 102 valence electrons. The van der Waals surface area contributed by atoms with Crippen molar-refractivity contribution in [1.82, 2.24) is 5.32 Å². The van der Waals surface area contributed by atoms with Gasteiger partial charge in [-0.25, -0.2) is 0 Å². The molecule has 0 radical (unpaired) electrons. The smallest absolute Gasteiger partial charge is 0.123 e. The molecule has 0 atom stereocenters. The van der Waals surface area contributed by atoms with Gasteiger partial charge in [0.05, 0.1) is 7.11 Å². The van der Waals surface area contributed by atoms with Crippen LogP contribution < -0.4 is 10.1 Å². The fourth-order valence-corrected chi connectivity index (χ4v) is 2.12. The van der Waals surface area contributed by atoms with E-state index in [1.807, 2.05) is 18.2 Å². The van der Waals surface area contributed by atoms with Gasteiger partial charge in [0.25, 0.3) is 0 Å². The maximum atomic E-state index is 6.20. The molecular formula is C15H24ClNO. The normalized spacial score (nSPS) is 11.6. The number of methoxy groups -OCH3 is 1. The number of hydrogen-bond donors (Lipinski definition) is 1. The first kappa shape index (κ1) is 15.3. The van der Waals surface area contributed by atoms with Crippen LogP contribution in [0.5, 0.6) is 5.75 Å². The molecule has 0 spiro atoms. The van der Waals surface area contributed by atoms with Gasteiger partial charge in [-0.05, 0) is 58.7 Å². The van der Waals surface area contributed by atoms with Crippen LogP contribution in [0.2, 0.25) is 5.02 Å². The van der Waals surface area contributed by atoms with Gasteiger partial charge >= 0.3 is 0 Å². The number of nitrogens with one attached hydrogen (secondary N) is 1. The quantitative estimate of drug-likeness (QED) is 0.787. The van der Waals surface area contributed by atoms with E-state index in [1.54, 1.807) is 7.11 Å². The Balaban J connectivity index is 2.40. The van der Waals surface area contributed by atoms with Crippen LogP contribution in [0.15, 0.2) is 18.2 Å². The van der Waals surface area contributed by atoms with E-state index in [9.17, 15) is 0 Å². The van der Waals surface area contributed by atoms with Crippen molar-refractivity contribution in [2.24, 2.45) is 0 Å². The predicted octanol–water partition coefficient (Wildman–Crippen LogP) is 4.06. The Morgan fingerprint density at radius 3 is 2.56 bits per heavy atom. The number of halogens is 1. The molecule has 0 unspecified atom stereocenters. The molecule has 0 aliphatic heterocycles. The van der Waals surface area contributed by atoms with Crippen LogP contribution in [0.25, 0.3) is 0 Å². The summed E-state index contributed by atoms with van der Waals surface area (Å²) in [6.07, 6.45) is 3.23. The molecule has 1 aromatic rings. The topological polar surface area (TPSA) is 21.3 Å². The summed E-state index contributed by atoms with van der Waals surface area (Å²) < 4.78 is 5.34. The van der Waals surface area contributed by atoms with Gasteiger partial charge in [-0.3, -0.25) is 0 Å². The summed E-state index contributed by atoms with van der Waals surface area (Å²) in [7, 11) is 1.69. The summed E-state index contributed by atoms with van der Waals surface area (Å²) in [6.45, 7) is 7.59. The zero-order chi connectivity index (χ0) is 13.6. The van der Waals surface area contributed by atoms with Gasteiger partial charge in [0.1, 0.15) is 5.75 Å². The molecule has 0 saturated carbocycles. The second kappa shape index (κ2) is 7.01. The van der Waals surface area contributed by atoms with E-state index in [2.05, 4.69) is 26.1 Å². The van der Waals surface area contributed by atoms with E-state index in [4.69, 9.17) is 16.3 Å². The Bertz CT molecular complexity index is 371. The molecule has 0 aliphatic carbocycles. The molecule has 0 fully saturated rings. The molecule has 0 aromatic heterocycles. The lowest BCUT2D eigenvalue weighted by molar-refractivity contribution is 0.405. The third-order valence-electron chi connectivity index (χ3n) is 2.80. The standard InChI is InChI=1S/C15H24ClNO/c1-15(2,3)17-11-6-5-8-12-13(16)9-7-10-14(12)18-4/h7,9-10,17H,5-6,8,11H2,1-4H3. The van der Waals surface area contributed by atoms with Crippen molar-refractivity contribution >= 4 is 11.6 Å². The SMILES string of the molecule is COc1cccc(Cl)c1CCCCNC(C)(C)C. The van der Waals surface area contributed by atoms with E-state index in [-0.39, 0.29) is 5.54 Å². The summed E-state index contributed by atoms with van der Waals surface area (Å²) in [5.41, 5.74) is 1.32. The second-order valence-electron chi connectivity index (χ2n) is 5.55. The summed E-state index contributed by atoms with van der Waals surface area (Å²) in [5.74, 6) is 0.895. The number of hydrogen-bond acceptors (Lipinski definition) is 2. The molecule has 0 saturated heterocycles. The van der Waals surface area contributed by atoms with Crippen molar-refractivity contribution in [3.8, 4) is 5.75 Å². The number of unbranched alkanes of at least 4 members (excludes halogenated alkanes) is 1. The van der Waals surface area contributed by atoms with Crippen molar-refractivity contribution in [1.29, 1.82) is 0 Å². The Kier molecular flexibility index (Phi) is 5.97. The van der Waals surface area contributed by atoms with Crippen molar-refractivity contribution in [3.63, 3.8) is 0 Å². The molecule has 0 amide bonds. The van der Waals surface area contributed by atoms with Crippen LogP contribution in [0.4, 0.5) is 0 Å². The highest BCUT2D eigenvalue weighted by Crippen LogP contribution is 2.27. The van der Waals surface area contributed by atoms with Crippen LogP contribution in [0.3, 0.4) is 0 Å². The minimum Gasteiger partial charge on any atom is -0.496 e. The number of ether oxygens (including phenoxy) is 1. The Morgan fingerprint density at radius 1 is 1.22 bits per heavy atom. The van der Waals surface area contributed by atoms with Crippen LogP contribution in [-0.2, 0) is 6.42 Å². The van der Waals surface area contributed by atoms with E-state index in [0.29, 0.717) is 0 Å². The molecule has 3 heteroatoms. The minimum absolute atomic E-state index is 0.197. The van der Waals surface area contributed by atoms with Gasteiger partial charge in [-0.2, -0.15) is 0 Å². The first-order valence-electron chi connectivity index (χ1n) is 6.50. The van der Waals surface area contributed by atoms with Crippen LogP contribution in [0.1, 0.15) is 39.2 Å². The van der Waals surface area contributed by atoms with Crippen molar-refractivity contribution in [3.05, 3.63) is 28.8 Å². The monoisotopic (exact) mass is 269 g/mol. The first-order chi connectivity index (χ1) is 8.44. The first-order valence-corrected chi connectivity index (χ1v) is 6.88. The highest BCUT2D eigenvalue weighted by atomic mass is 35.5. The van der Waals surface area contributed by atoms with Crippen LogP contribution in [0, 0.1) is 0 Å². The lowest BCUT2D eigenvalue weighted by Gasteiger charge is -2.20. The Hall–Kier alpha value is -0.730. The van der Waals surface area contributed by atoms with Crippen molar-refractivity contribution in [2.75, 3.05) is 13.7 Å². The minimum atomic E-state index is 0.197. The molecule has 0 bridgehead atoms. The maximum absolute atomic E-state index is 6.20. The number of rotatable bonds is 6. The molecular weight excluding hydrogens is 246 g/mol. The molecule has 0 aliphatic rings. The molecule has 18 heavy (non-hydrogen) atoms. The van der Waals surface area contributed by atoms with Crippen molar-refractivity contribution in [2.45, 2.75) is 45.6 Å². The van der Waals surface area contributed by atoms with Crippen LogP contribution >= 0.6 is 11.6 Å². The van der Waals surface area contributed by atoms with Gasteiger partial charge < -0.3 is 10.1 Å². The average molecular weight is 270 g/mol. The zero-order valence-electron chi connectivity index (χ0n) is 11.8. The molecule has 1 N–H and O–H groups in total. The molecule has 2 nitrogen and oxygen atoms in total. The highest BCUT2D eigenvalue weighted by Gasteiger charge is 2.09. The lowest BCUT2D eigenvalue weighted by Crippen LogP contribution is -2.36. The fraction of sp³-hybridized carbons (Fsp3) is 0.600. The molecule has 0 heterocycles. The van der Waals surface area contributed by atoms with E-state index in [0.717, 1.165) is 42.1 Å². The van der Waals surface area contributed by atoms with E-state index >= 15 is 0 Å². The van der Waals surface area contributed by atoms with Gasteiger partial charge in [0.15, 0.2) is 0 Å². The summed E-state index contributed by atoms with van der Waals surface area (Å²) >= 11 is 6.20. The predicted molar refractivity (Wildman–Crippen MR) is 78.7 cm³/mol. The van der Waals surface area contributed by atoms with E-state index in [1.165, 1.54) is 0 Å². The fourth-order valence-electron chi connectivity index (χ4n) is 1.86. The van der Waals surface area contributed by atoms with Gasteiger partial charge in [0, 0.05) is 16.1 Å². The number of benzene rings is 1. The summed E-state index contributed by atoms with van der Waals surface area (Å²) in [5, 5.41) is 4.29. The largest absolute Gasteiger partial charge is 0.496 e. The third-order valence-corrected chi connectivity index (χ3v) is 3.16. The van der Waals surface area contributed by atoms with Crippen LogP contribution in [-0.4, -0.2) is 19.2 Å². The lowest BCUT2D eigenvalue weighted by atomic mass is 10.1. The highest BCUT2D eigenvalue weighted by molar-refractivity contribution is 6.31. The Morgan fingerprint density at radius 2 is 1.94 bits per heavy atom. The van der Waals surface area contributed by atoms with Gasteiger partial charge in [0.2, 0.25) is 0 Å². The second-order valence-corrected chi connectivity index (χ2v) is 5.96. The summed E-state index contributed by atoms with van der Waals surface area (Å²) in [6, 6.07) is 5.81.